The van der Waals surface area contributed by atoms with Crippen LogP contribution in [0.2, 0.25) is 0 Å². The van der Waals surface area contributed by atoms with Crippen LogP contribution >= 0.6 is 0 Å². The highest BCUT2D eigenvalue weighted by Gasteiger charge is 2.21. The minimum Gasteiger partial charge on any atom is -0.483 e. The zero-order valence-corrected chi connectivity index (χ0v) is 13.3. The number of nitrogens with one attached hydrogen (secondary N) is 1. The molecule has 2 aromatic heterocycles. The predicted molar refractivity (Wildman–Crippen MR) is 89.2 cm³/mol. The Morgan fingerprint density at radius 3 is 3.00 bits per heavy atom. The molecule has 1 aliphatic heterocycles. The Kier molecular flexibility index (Phi) is 4.07. The summed E-state index contributed by atoms with van der Waals surface area (Å²) in [6.07, 6.45) is 3.53. The van der Waals surface area contributed by atoms with E-state index in [1.807, 2.05) is 22.6 Å². The van der Waals surface area contributed by atoms with Gasteiger partial charge in [-0.25, -0.2) is 9.37 Å². The molecule has 1 amide bonds. The number of imidazole rings is 1. The van der Waals surface area contributed by atoms with Crippen LogP contribution in [0.25, 0.3) is 5.65 Å². The molecule has 25 heavy (non-hydrogen) atoms. The van der Waals surface area contributed by atoms with Crippen LogP contribution < -0.4 is 10.1 Å². The number of halogens is 1. The molecule has 3 aromatic rings. The summed E-state index contributed by atoms with van der Waals surface area (Å²) in [7, 11) is 0. The van der Waals surface area contributed by atoms with E-state index in [1.54, 1.807) is 18.5 Å². The standard InChI is InChI=1S/C18H16FN3O3/c19-15-8-12(4-5-16(15)25-14-10-24-11-14)21-18(23)9-13-2-1-3-17-20-6-7-22(13)17/h1-8,14H,9-11H2,(H,21,23). The molecule has 0 saturated carbocycles. The summed E-state index contributed by atoms with van der Waals surface area (Å²) in [5.41, 5.74) is 1.97. The summed E-state index contributed by atoms with van der Waals surface area (Å²) in [5, 5.41) is 2.70. The molecule has 0 atom stereocenters. The number of benzene rings is 1. The smallest absolute Gasteiger partial charge is 0.230 e. The third-order valence-corrected chi connectivity index (χ3v) is 3.97. The lowest BCUT2D eigenvalue weighted by atomic mass is 10.2. The van der Waals surface area contributed by atoms with E-state index in [0.29, 0.717) is 18.9 Å². The SMILES string of the molecule is O=C(Cc1cccc2nccn12)Nc1ccc(OC2COC2)c(F)c1. The number of carbonyl (C=O) groups excluding carboxylic acids is 1. The summed E-state index contributed by atoms with van der Waals surface area (Å²) < 4.78 is 26.4. The number of pyridine rings is 1. The fraction of sp³-hybridized carbons (Fsp3) is 0.222. The van der Waals surface area contributed by atoms with Gasteiger partial charge in [-0.2, -0.15) is 0 Å². The molecule has 4 rings (SSSR count). The Morgan fingerprint density at radius 2 is 2.24 bits per heavy atom. The first-order valence-electron chi connectivity index (χ1n) is 7.94. The first-order chi connectivity index (χ1) is 12.2. The first-order valence-corrected chi connectivity index (χ1v) is 7.94. The lowest BCUT2D eigenvalue weighted by Crippen LogP contribution is -2.38. The molecule has 1 aliphatic rings. The van der Waals surface area contributed by atoms with Crippen LogP contribution in [0.15, 0.2) is 48.8 Å². The molecule has 0 unspecified atom stereocenters. The first kappa shape index (κ1) is 15.6. The van der Waals surface area contributed by atoms with Gasteiger partial charge in [0.15, 0.2) is 11.6 Å². The lowest BCUT2D eigenvalue weighted by molar-refractivity contribution is -0.115. The highest BCUT2D eigenvalue weighted by Crippen LogP contribution is 2.24. The van der Waals surface area contributed by atoms with Crippen molar-refractivity contribution in [1.82, 2.24) is 9.38 Å². The number of aromatic nitrogens is 2. The van der Waals surface area contributed by atoms with E-state index in [1.165, 1.54) is 12.1 Å². The maximum absolute atomic E-state index is 14.1. The molecule has 1 aromatic carbocycles. The molecule has 3 heterocycles. The predicted octanol–water partition coefficient (Wildman–Crippen LogP) is 2.43. The van der Waals surface area contributed by atoms with Crippen molar-refractivity contribution in [2.45, 2.75) is 12.5 Å². The van der Waals surface area contributed by atoms with E-state index >= 15 is 0 Å². The minimum absolute atomic E-state index is 0.106. The number of ether oxygens (including phenoxy) is 2. The zero-order chi connectivity index (χ0) is 17.2. The Morgan fingerprint density at radius 1 is 1.36 bits per heavy atom. The summed E-state index contributed by atoms with van der Waals surface area (Å²) in [6.45, 7) is 0.940. The maximum atomic E-state index is 14.1. The number of hydrogen-bond acceptors (Lipinski definition) is 4. The highest BCUT2D eigenvalue weighted by molar-refractivity contribution is 5.92. The van der Waals surface area contributed by atoms with Gasteiger partial charge in [0.1, 0.15) is 11.8 Å². The molecule has 1 saturated heterocycles. The fourth-order valence-corrected chi connectivity index (χ4v) is 2.66. The van der Waals surface area contributed by atoms with E-state index < -0.39 is 5.82 Å². The van der Waals surface area contributed by atoms with Crippen LogP contribution in [0.5, 0.6) is 5.75 Å². The molecule has 1 N–H and O–H groups in total. The van der Waals surface area contributed by atoms with Crippen molar-refractivity contribution in [1.29, 1.82) is 0 Å². The molecule has 0 radical (unpaired) electrons. The van der Waals surface area contributed by atoms with Gasteiger partial charge in [0.05, 0.1) is 19.6 Å². The zero-order valence-electron chi connectivity index (χ0n) is 13.3. The molecule has 0 spiro atoms. The topological polar surface area (TPSA) is 64.9 Å². The van der Waals surface area contributed by atoms with Gasteiger partial charge in [0.2, 0.25) is 5.91 Å². The second-order valence-corrected chi connectivity index (χ2v) is 5.82. The van der Waals surface area contributed by atoms with Gasteiger partial charge < -0.3 is 19.2 Å². The Hall–Kier alpha value is -2.93. The molecule has 1 fully saturated rings. The molecule has 0 bridgehead atoms. The van der Waals surface area contributed by atoms with Gasteiger partial charge in [-0.15, -0.1) is 0 Å². The van der Waals surface area contributed by atoms with Crippen LogP contribution in [0.4, 0.5) is 10.1 Å². The number of rotatable bonds is 5. The van der Waals surface area contributed by atoms with Crippen LogP contribution in [0, 0.1) is 5.82 Å². The van der Waals surface area contributed by atoms with Gasteiger partial charge in [-0.1, -0.05) is 6.07 Å². The van der Waals surface area contributed by atoms with Gasteiger partial charge in [-0.05, 0) is 24.3 Å². The van der Waals surface area contributed by atoms with Gasteiger partial charge in [0.25, 0.3) is 0 Å². The number of nitrogens with zero attached hydrogens (tertiary/aromatic N) is 2. The molecule has 6 nitrogen and oxygen atoms in total. The Balaban J connectivity index is 1.43. The molecule has 7 heteroatoms. The van der Waals surface area contributed by atoms with Gasteiger partial charge in [0, 0.05) is 29.8 Å². The van der Waals surface area contributed by atoms with Gasteiger partial charge in [-0.3, -0.25) is 4.79 Å². The van der Waals surface area contributed by atoms with Crippen molar-refractivity contribution in [2.75, 3.05) is 18.5 Å². The average molecular weight is 341 g/mol. The summed E-state index contributed by atoms with van der Waals surface area (Å²) in [5.74, 6) is -0.586. The lowest BCUT2D eigenvalue weighted by Gasteiger charge is -2.26. The van der Waals surface area contributed by atoms with E-state index in [4.69, 9.17) is 9.47 Å². The molecular formula is C18H16FN3O3. The monoisotopic (exact) mass is 341 g/mol. The second-order valence-electron chi connectivity index (χ2n) is 5.82. The fourth-order valence-electron chi connectivity index (χ4n) is 2.66. The summed E-state index contributed by atoms with van der Waals surface area (Å²) in [4.78, 5) is 16.4. The number of carbonyl (C=O) groups is 1. The van der Waals surface area contributed by atoms with Crippen LogP contribution in [-0.4, -0.2) is 34.6 Å². The second kappa shape index (κ2) is 6.52. The van der Waals surface area contributed by atoms with Crippen molar-refractivity contribution in [3.8, 4) is 5.75 Å². The quantitative estimate of drug-likeness (QED) is 0.774. The maximum Gasteiger partial charge on any atom is 0.230 e. The normalized spacial score (nSPS) is 14.3. The van der Waals surface area contributed by atoms with Crippen molar-refractivity contribution < 1.29 is 18.7 Å². The number of amides is 1. The highest BCUT2D eigenvalue weighted by atomic mass is 19.1. The Bertz CT molecular complexity index is 921. The van der Waals surface area contributed by atoms with E-state index in [0.717, 1.165) is 11.3 Å². The summed E-state index contributed by atoms with van der Waals surface area (Å²) >= 11 is 0. The number of fused-ring (bicyclic) bond motifs is 1. The Labute approximate surface area is 143 Å². The van der Waals surface area contributed by atoms with Crippen LogP contribution in [0.3, 0.4) is 0 Å². The van der Waals surface area contributed by atoms with Crippen molar-refractivity contribution in [3.63, 3.8) is 0 Å². The van der Waals surface area contributed by atoms with E-state index in [2.05, 4.69) is 10.3 Å². The van der Waals surface area contributed by atoms with Gasteiger partial charge >= 0.3 is 0 Å². The molecular weight excluding hydrogens is 325 g/mol. The third kappa shape index (κ3) is 3.32. The number of anilines is 1. The summed E-state index contributed by atoms with van der Waals surface area (Å²) in [6, 6.07) is 9.95. The van der Waals surface area contributed by atoms with Crippen LogP contribution in [0.1, 0.15) is 5.69 Å². The van der Waals surface area contributed by atoms with Crippen LogP contribution in [-0.2, 0) is 16.0 Å². The molecule has 128 valence electrons. The minimum atomic E-state index is -0.513. The van der Waals surface area contributed by atoms with Crippen molar-refractivity contribution in [2.24, 2.45) is 0 Å². The van der Waals surface area contributed by atoms with Crippen molar-refractivity contribution in [3.05, 3.63) is 60.3 Å². The average Bonchev–Trinajstić information content (AvgIpc) is 3.02. The third-order valence-electron chi connectivity index (χ3n) is 3.97. The van der Waals surface area contributed by atoms with E-state index in [9.17, 15) is 9.18 Å². The van der Waals surface area contributed by atoms with Crippen molar-refractivity contribution >= 4 is 17.2 Å². The molecule has 0 aliphatic carbocycles. The number of hydrogen-bond donors (Lipinski definition) is 1. The largest absolute Gasteiger partial charge is 0.483 e. The van der Waals surface area contributed by atoms with E-state index in [-0.39, 0.29) is 24.2 Å².